The number of nitrogens with one attached hydrogen (secondary N) is 1. The molecule has 2 N–H and O–H groups in total. The predicted molar refractivity (Wildman–Crippen MR) is 58.2 cm³/mol. The van der Waals surface area contributed by atoms with Gasteiger partial charge in [0.1, 0.15) is 0 Å². The molecule has 0 aliphatic rings. The summed E-state index contributed by atoms with van der Waals surface area (Å²) in [5, 5.41) is 11.9. The molecule has 0 aliphatic carbocycles. The van der Waals surface area contributed by atoms with E-state index in [1.54, 1.807) is 37.3 Å². The Kier molecular flexibility index (Phi) is 3.73. The lowest BCUT2D eigenvalue weighted by Crippen LogP contribution is -2.38. The van der Waals surface area contributed by atoms with Crippen LogP contribution in [0.25, 0.3) is 0 Å². The zero-order valence-electron chi connectivity index (χ0n) is 7.73. The van der Waals surface area contributed by atoms with Crippen LogP contribution in [0.4, 0.5) is 0 Å². The normalized spacial score (nSPS) is 11.9. The predicted octanol–water partition coefficient (Wildman–Crippen LogP) is 1.12. The van der Waals surface area contributed by atoms with Gasteiger partial charge in [0.15, 0.2) is 6.23 Å². The monoisotopic (exact) mass is 209 g/mol. The van der Waals surface area contributed by atoms with E-state index in [-0.39, 0.29) is 5.78 Å². The number of aliphatic hydroxyl groups is 1. The molecule has 0 heterocycles. The van der Waals surface area contributed by atoms with E-state index in [2.05, 4.69) is 5.32 Å². The Labute approximate surface area is 87.8 Å². The summed E-state index contributed by atoms with van der Waals surface area (Å²) in [6, 6.07) is 8.58. The maximum Gasteiger partial charge on any atom is 0.211 e. The lowest BCUT2D eigenvalue weighted by Gasteiger charge is -2.11. The van der Waals surface area contributed by atoms with Gasteiger partial charge < -0.3 is 10.4 Å². The molecule has 0 aromatic heterocycles. The van der Waals surface area contributed by atoms with Gasteiger partial charge in [-0.1, -0.05) is 42.5 Å². The molecule has 1 aromatic rings. The van der Waals surface area contributed by atoms with Gasteiger partial charge in [0, 0.05) is 5.56 Å². The number of aliphatic hydroxyl groups excluding tert-OH is 1. The molecule has 0 saturated carbocycles. The van der Waals surface area contributed by atoms with Crippen molar-refractivity contribution in [2.45, 2.75) is 13.2 Å². The lowest BCUT2D eigenvalue weighted by molar-refractivity contribution is 0.0720. The topological polar surface area (TPSA) is 49.3 Å². The summed E-state index contributed by atoms with van der Waals surface area (Å²) in [7, 11) is 0. The Balaban J connectivity index is 2.71. The van der Waals surface area contributed by atoms with Crippen molar-refractivity contribution in [3.63, 3.8) is 0 Å². The summed E-state index contributed by atoms with van der Waals surface area (Å²) in [4.78, 5) is 11.9. The first-order chi connectivity index (χ1) is 6.61. The largest absolute Gasteiger partial charge is 0.367 e. The van der Waals surface area contributed by atoms with Crippen LogP contribution < -0.4 is 5.32 Å². The Morgan fingerprint density at radius 2 is 2.00 bits per heavy atom. The number of ketones is 1. The molecule has 0 bridgehead atoms. The second kappa shape index (κ2) is 4.83. The highest BCUT2D eigenvalue weighted by molar-refractivity contribution is 7.80. The molecule has 3 nitrogen and oxygen atoms in total. The van der Waals surface area contributed by atoms with E-state index in [0.29, 0.717) is 10.6 Å². The molecule has 0 unspecified atom stereocenters. The smallest absolute Gasteiger partial charge is 0.211 e. The van der Waals surface area contributed by atoms with Crippen molar-refractivity contribution in [2.24, 2.45) is 0 Å². The number of thiocarbonyl (C=S) groups is 1. The average molecular weight is 209 g/mol. The van der Waals surface area contributed by atoms with Crippen LogP contribution in [0.1, 0.15) is 17.3 Å². The molecular weight excluding hydrogens is 198 g/mol. The fraction of sp³-hybridized carbons (Fsp3) is 0.200. The maximum absolute atomic E-state index is 11.5. The van der Waals surface area contributed by atoms with Gasteiger partial charge in [-0.25, -0.2) is 0 Å². The van der Waals surface area contributed by atoms with Gasteiger partial charge in [-0.15, -0.1) is 0 Å². The van der Waals surface area contributed by atoms with Crippen molar-refractivity contribution in [1.82, 2.24) is 5.32 Å². The van der Waals surface area contributed by atoms with Crippen LogP contribution in [0.15, 0.2) is 30.3 Å². The molecule has 4 heteroatoms. The first-order valence-electron chi connectivity index (χ1n) is 4.15. The van der Waals surface area contributed by atoms with Crippen LogP contribution in [0.2, 0.25) is 0 Å². The first-order valence-corrected chi connectivity index (χ1v) is 4.56. The minimum atomic E-state index is -1.25. The zero-order valence-corrected chi connectivity index (χ0v) is 8.54. The van der Waals surface area contributed by atoms with Gasteiger partial charge in [-0.3, -0.25) is 4.79 Å². The van der Waals surface area contributed by atoms with Crippen LogP contribution in [-0.4, -0.2) is 22.1 Å². The molecule has 1 rings (SSSR count). The van der Waals surface area contributed by atoms with Crippen molar-refractivity contribution in [1.29, 1.82) is 0 Å². The summed E-state index contributed by atoms with van der Waals surface area (Å²) in [5.41, 5.74) is 0.462. The molecule has 0 saturated heterocycles. The Bertz CT molecular complexity index is 337. The minimum absolute atomic E-state index is 0.380. The van der Waals surface area contributed by atoms with E-state index in [4.69, 9.17) is 12.2 Å². The second-order valence-corrected chi connectivity index (χ2v) is 3.45. The SMILES string of the molecule is CC(=S)N[C@H](O)C(=O)c1ccccc1. The number of Topliss-reactive ketones (excluding diaryl/α,β-unsaturated/α-hetero) is 1. The molecule has 1 aromatic carbocycles. The van der Waals surface area contributed by atoms with Gasteiger partial charge >= 0.3 is 0 Å². The minimum Gasteiger partial charge on any atom is -0.367 e. The van der Waals surface area contributed by atoms with Gasteiger partial charge in [-0.2, -0.15) is 0 Å². The number of rotatable bonds is 3. The highest BCUT2D eigenvalue weighted by Gasteiger charge is 2.15. The standard InChI is InChI=1S/C10H11NO2S/c1-7(14)11-10(13)9(12)8-5-3-2-4-6-8/h2-6,10,13H,1H3,(H,11,14)/t10-/m1/s1. The first kappa shape index (κ1) is 10.8. The average Bonchev–Trinajstić information content (AvgIpc) is 2.17. The summed E-state index contributed by atoms with van der Waals surface area (Å²) in [6.07, 6.45) is -1.25. The highest BCUT2D eigenvalue weighted by Crippen LogP contribution is 2.01. The molecular formula is C10H11NO2S. The molecule has 0 aliphatic heterocycles. The van der Waals surface area contributed by atoms with Crippen molar-refractivity contribution in [2.75, 3.05) is 0 Å². The highest BCUT2D eigenvalue weighted by atomic mass is 32.1. The molecule has 14 heavy (non-hydrogen) atoms. The number of carbonyl (C=O) groups excluding carboxylic acids is 1. The lowest BCUT2D eigenvalue weighted by atomic mass is 10.1. The molecule has 0 amide bonds. The quantitative estimate of drug-likeness (QED) is 0.445. The van der Waals surface area contributed by atoms with Crippen LogP contribution in [0.3, 0.4) is 0 Å². The molecule has 1 atom stereocenters. The van der Waals surface area contributed by atoms with Crippen molar-refractivity contribution in [3.8, 4) is 0 Å². The van der Waals surface area contributed by atoms with Crippen molar-refractivity contribution in [3.05, 3.63) is 35.9 Å². The van der Waals surface area contributed by atoms with E-state index < -0.39 is 6.23 Å². The van der Waals surface area contributed by atoms with Gasteiger partial charge in [-0.05, 0) is 6.92 Å². The van der Waals surface area contributed by atoms with Gasteiger partial charge in [0.25, 0.3) is 0 Å². The number of hydrogen-bond donors (Lipinski definition) is 2. The van der Waals surface area contributed by atoms with E-state index in [0.717, 1.165) is 0 Å². The van der Waals surface area contributed by atoms with E-state index in [9.17, 15) is 9.90 Å². The zero-order chi connectivity index (χ0) is 10.6. The Morgan fingerprint density at radius 1 is 1.43 bits per heavy atom. The molecule has 0 fully saturated rings. The van der Waals surface area contributed by atoms with E-state index >= 15 is 0 Å². The third-order valence-corrected chi connectivity index (χ3v) is 1.76. The summed E-state index contributed by atoms with van der Waals surface area (Å²) >= 11 is 4.72. The van der Waals surface area contributed by atoms with Crippen LogP contribution >= 0.6 is 12.2 Å². The summed E-state index contributed by atoms with van der Waals surface area (Å²) in [6.45, 7) is 1.61. The molecule has 0 spiro atoms. The van der Waals surface area contributed by atoms with Crippen molar-refractivity contribution >= 4 is 23.0 Å². The molecule has 0 radical (unpaired) electrons. The van der Waals surface area contributed by atoms with Crippen LogP contribution in [-0.2, 0) is 0 Å². The Morgan fingerprint density at radius 3 is 2.50 bits per heavy atom. The fourth-order valence-electron chi connectivity index (χ4n) is 1.02. The van der Waals surface area contributed by atoms with Gasteiger partial charge in [0.05, 0.1) is 4.99 Å². The third-order valence-electron chi connectivity index (χ3n) is 1.65. The second-order valence-electron chi connectivity index (χ2n) is 2.83. The number of benzene rings is 1. The fourth-order valence-corrected chi connectivity index (χ4v) is 1.13. The Hall–Kier alpha value is -1.26. The van der Waals surface area contributed by atoms with E-state index in [1.807, 2.05) is 0 Å². The van der Waals surface area contributed by atoms with E-state index in [1.165, 1.54) is 0 Å². The van der Waals surface area contributed by atoms with Crippen molar-refractivity contribution < 1.29 is 9.90 Å². The maximum atomic E-state index is 11.5. The third kappa shape index (κ3) is 2.90. The van der Waals surface area contributed by atoms with Crippen LogP contribution in [0, 0.1) is 0 Å². The summed E-state index contributed by atoms with van der Waals surface area (Å²) in [5.74, 6) is -0.380. The molecule has 74 valence electrons. The van der Waals surface area contributed by atoms with Crippen LogP contribution in [0.5, 0.6) is 0 Å². The number of carbonyl (C=O) groups is 1. The summed E-state index contributed by atoms with van der Waals surface area (Å²) < 4.78 is 0. The van der Waals surface area contributed by atoms with Gasteiger partial charge in [0.2, 0.25) is 5.78 Å². The number of hydrogen-bond acceptors (Lipinski definition) is 3.